The molecule has 1 aromatic carbocycles. The molecule has 0 saturated carbocycles. The summed E-state index contributed by atoms with van der Waals surface area (Å²) in [7, 11) is 0. The van der Waals surface area contributed by atoms with E-state index in [1.54, 1.807) is 11.0 Å². The number of carbonyl (C=O) groups is 1. The molecule has 0 aliphatic carbocycles. The van der Waals surface area contributed by atoms with Crippen molar-refractivity contribution >= 4 is 27.6 Å². The topological polar surface area (TPSA) is 53.7 Å². The summed E-state index contributed by atoms with van der Waals surface area (Å²) in [5.74, 6) is -0.151. The molecule has 2 aromatic rings. The Balaban J connectivity index is 2.31. The molecule has 1 N–H and O–H groups in total. The lowest BCUT2D eigenvalue weighted by Crippen LogP contribution is -2.32. The van der Waals surface area contributed by atoms with Crippen LogP contribution < -0.4 is 4.90 Å². The number of benzene rings is 1. The van der Waals surface area contributed by atoms with Crippen LogP contribution in [-0.4, -0.2) is 17.6 Å². The maximum absolute atomic E-state index is 11.1. The molecule has 1 unspecified atom stereocenters. The number of nitrogens with zero attached hydrogens (tertiary/aromatic N) is 1. The van der Waals surface area contributed by atoms with Crippen LogP contribution >= 0.6 is 15.9 Å². The van der Waals surface area contributed by atoms with Crippen LogP contribution in [0.15, 0.2) is 45.5 Å². The van der Waals surface area contributed by atoms with Gasteiger partial charge in [-0.1, -0.05) is 17.7 Å². The van der Waals surface area contributed by atoms with E-state index in [9.17, 15) is 4.79 Å². The highest BCUT2D eigenvalue weighted by Gasteiger charge is 2.21. The van der Waals surface area contributed by atoms with E-state index in [1.807, 2.05) is 44.2 Å². The van der Waals surface area contributed by atoms with E-state index in [4.69, 9.17) is 9.52 Å². The molecule has 106 valence electrons. The summed E-state index contributed by atoms with van der Waals surface area (Å²) in [5, 5.41) is 9.12. The fourth-order valence-electron chi connectivity index (χ4n) is 2.04. The number of aliphatic carboxylic acids is 1. The molecule has 0 saturated heterocycles. The molecule has 1 heterocycles. The fraction of sp³-hybridized carbons (Fsp3) is 0.267. The summed E-state index contributed by atoms with van der Waals surface area (Å²) < 4.78 is 6.17. The molecule has 1 aromatic heterocycles. The quantitative estimate of drug-likeness (QED) is 0.895. The number of anilines is 1. The maximum Gasteiger partial charge on any atom is 0.323 e. The van der Waals surface area contributed by atoms with Crippen LogP contribution in [0.3, 0.4) is 0 Å². The summed E-state index contributed by atoms with van der Waals surface area (Å²) in [6, 6.07) is 11.3. The minimum Gasteiger partial charge on any atom is -0.480 e. The van der Waals surface area contributed by atoms with Crippen molar-refractivity contribution in [3.05, 3.63) is 52.4 Å². The van der Waals surface area contributed by atoms with Crippen LogP contribution in [0.2, 0.25) is 0 Å². The average molecular weight is 338 g/mol. The van der Waals surface area contributed by atoms with E-state index >= 15 is 0 Å². The van der Waals surface area contributed by atoms with Gasteiger partial charge in [-0.15, -0.1) is 0 Å². The van der Waals surface area contributed by atoms with Gasteiger partial charge in [-0.25, -0.2) is 0 Å². The zero-order valence-corrected chi connectivity index (χ0v) is 12.9. The average Bonchev–Trinajstić information content (AvgIpc) is 2.83. The van der Waals surface area contributed by atoms with Crippen LogP contribution in [0.1, 0.15) is 24.3 Å². The predicted octanol–water partition coefficient (Wildman–Crippen LogP) is 4.00. The van der Waals surface area contributed by atoms with Crippen molar-refractivity contribution in [3.63, 3.8) is 0 Å². The summed E-state index contributed by atoms with van der Waals surface area (Å²) in [6.07, 6.45) is 0. The number of carboxylic acids is 1. The van der Waals surface area contributed by atoms with Gasteiger partial charge in [-0.2, -0.15) is 0 Å². The molecule has 0 bridgehead atoms. The number of rotatable bonds is 5. The Morgan fingerprint density at radius 1 is 1.30 bits per heavy atom. The molecule has 1 atom stereocenters. The van der Waals surface area contributed by atoms with Gasteiger partial charge >= 0.3 is 5.97 Å². The Bertz CT molecular complexity index is 591. The van der Waals surface area contributed by atoms with Gasteiger partial charge in [0.2, 0.25) is 0 Å². The van der Waals surface area contributed by atoms with Gasteiger partial charge in [0.25, 0.3) is 0 Å². The number of hydrogen-bond acceptors (Lipinski definition) is 3. The van der Waals surface area contributed by atoms with Crippen molar-refractivity contribution in [3.8, 4) is 0 Å². The number of hydrogen-bond donors (Lipinski definition) is 1. The summed E-state index contributed by atoms with van der Waals surface area (Å²) in [4.78, 5) is 12.9. The number of furan rings is 1. The molecular weight excluding hydrogens is 322 g/mol. The van der Waals surface area contributed by atoms with Crippen molar-refractivity contribution in [1.29, 1.82) is 0 Å². The molecule has 4 nitrogen and oxygen atoms in total. The molecule has 0 aliphatic rings. The number of aryl methyl sites for hydroxylation is 1. The van der Waals surface area contributed by atoms with Gasteiger partial charge in [0.05, 0.1) is 6.04 Å². The van der Waals surface area contributed by atoms with Gasteiger partial charge in [-0.3, -0.25) is 4.79 Å². The highest BCUT2D eigenvalue weighted by molar-refractivity contribution is 9.10. The molecule has 0 spiro atoms. The molecule has 20 heavy (non-hydrogen) atoms. The van der Waals surface area contributed by atoms with E-state index in [0.717, 1.165) is 17.0 Å². The predicted molar refractivity (Wildman–Crippen MR) is 81.0 cm³/mol. The van der Waals surface area contributed by atoms with E-state index in [1.165, 1.54) is 0 Å². The first-order valence-electron chi connectivity index (χ1n) is 6.27. The van der Waals surface area contributed by atoms with Gasteiger partial charge in [-0.05, 0) is 54.0 Å². The molecule has 0 aliphatic heterocycles. The summed E-state index contributed by atoms with van der Waals surface area (Å²) >= 11 is 3.26. The second-order valence-corrected chi connectivity index (χ2v) is 5.46. The third-order valence-corrected chi connectivity index (χ3v) is 3.57. The van der Waals surface area contributed by atoms with Crippen molar-refractivity contribution in [2.45, 2.75) is 19.9 Å². The van der Waals surface area contributed by atoms with E-state index in [-0.39, 0.29) is 12.6 Å². The number of halogens is 1. The lowest BCUT2D eigenvalue weighted by molar-refractivity contribution is -0.135. The normalized spacial score (nSPS) is 12.2. The van der Waals surface area contributed by atoms with Crippen LogP contribution in [-0.2, 0) is 4.79 Å². The number of carboxylic acid groups (broad SMARTS) is 1. The second-order valence-electron chi connectivity index (χ2n) is 4.68. The lowest BCUT2D eigenvalue weighted by atomic mass is 10.1. The minimum atomic E-state index is -0.872. The van der Waals surface area contributed by atoms with Crippen LogP contribution in [0.4, 0.5) is 5.69 Å². The van der Waals surface area contributed by atoms with Crippen molar-refractivity contribution < 1.29 is 14.3 Å². The first-order chi connectivity index (χ1) is 9.47. The largest absolute Gasteiger partial charge is 0.480 e. The van der Waals surface area contributed by atoms with Gasteiger partial charge in [0, 0.05) is 5.69 Å². The minimum absolute atomic E-state index is 0.0808. The highest BCUT2D eigenvalue weighted by atomic mass is 79.9. The first kappa shape index (κ1) is 14.7. The zero-order valence-electron chi connectivity index (χ0n) is 11.3. The monoisotopic (exact) mass is 337 g/mol. The smallest absolute Gasteiger partial charge is 0.323 e. The molecular formula is C15H16BrNO3. The molecule has 5 heteroatoms. The highest BCUT2D eigenvalue weighted by Crippen LogP contribution is 2.29. The van der Waals surface area contributed by atoms with E-state index in [2.05, 4.69) is 15.9 Å². The Morgan fingerprint density at radius 2 is 1.95 bits per heavy atom. The molecule has 0 fully saturated rings. The maximum atomic E-state index is 11.1. The van der Waals surface area contributed by atoms with Gasteiger partial charge in [0.1, 0.15) is 12.3 Å². The van der Waals surface area contributed by atoms with Crippen molar-refractivity contribution in [2.75, 3.05) is 11.4 Å². The first-order valence-corrected chi connectivity index (χ1v) is 7.07. The Morgan fingerprint density at radius 3 is 2.45 bits per heavy atom. The fourth-order valence-corrected chi connectivity index (χ4v) is 2.36. The van der Waals surface area contributed by atoms with Crippen molar-refractivity contribution in [2.24, 2.45) is 0 Å². The van der Waals surface area contributed by atoms with Gasteiger partial charge < -0.3 is 14.4 Å². The van der Waals surface area contributed by atoms with Crippen molar-refractivity contribution in [1.82, 2.24) is 0 Å². The van der Waals surface area contributed by atoms with Crippen LogP contribution in [0, 0.1) is 6.92 Å². The molecule has 0 amide bonds. The Hall–Kier alpha value is -1.75. The standard InChI is InChI=1S/C15H16BrNO3/c1-10-3-5-12(6-4-10)17(9-15(18)19)11(2)13-7-8-14(16)20-13/h3-8,11H,9H2,1-2H3,(H,18,19). The second kappa shape index (κ2) is 6.13. The van der Waals surface area contributed by atoms with Gasteiger partial charge in [0.15, 0.2) is 4.67 Å². The summed E-state index contributed by atoms with van der Waals surface area (Å²) in [6.45, 7) is 3.84. The Labute approximate surface area is 126 Å². The van der Waals surface area contributed by atoms with E-state index in [0.29, 0.717) is 4.67 Å². The van der Waals surface area contributed by atoms with Crippen LogP contribution in [0.25, 0.3) is 0 Å². The lowest BCUT2D eigenvalue weighted by Gasteiger charge is -2.28. The zero-order chi connectivity index (χ0) is 14.7. The summed E-state index contributed by atoms with van der Waals surface area (Å²) in [5.41, 5.74) is 2.00. The molecule has 0 radical (unpaired) electrons. The third-order valence-electron chi connectivity index (χ3n) is 3.14. The molecule has 2 rings (SSSR count). The Kier molecular flexibility index (Phi) is 4.49. The third kappa shape index (κ3) is 3.42. The van der Waals surface area contributed by atoms with Crippen LogP contribution in [0.5, 0.6) is 0 Å². The van der Waals surface area contributed by atoms with E-state index < -0.39 is 5.97 Å². The SMILES string of the molecule is Cc1ccc(N(CC(=O)O)C(C)c2ccc(Br)o2)cc1.